The molecule has 0 bridgehead atoms. The molecule has 0 aromatic heterocycles. The first-order chi connectivity index (χ1) is 10.7. The van der Waals surface area contributed by atoms with Crippen LogP contribution in [0, 0.1) is 0 Å². The van der Waals surface area contributed by atoms with E-state index >= 15 is 0 Å². The second-order valence-corrected chi connectivity index (χ2v) is 7.67. The lowest BCUT2D eigenvalue weighted by atomic mass is 10.4. The lowest BCUT2D eigenvalue weighted by Gasteiger charge is -2.09. The number of hydrogen-bond donors (Lipinski definition) is 2. The fraction of sp³-hybridized carbons (Fsp3) is 0.429. The SMILES string of the molecule is CC(C)NC(=O)COC(=O)CCNS(=O)(=O)c1cccc(Br)c1. The van der Waals surface area contributed by atoms with E-state index in [4.69, 9.17) is 4.74 Å². The van der Waals surface area contributed by atoms with Crippen molar-refractivity contribution in [3.63, 3.8) is 0 Å². The highest BCUT2D eigenvalue weighted by Crippen LogP contribution is 2.15. The Balaban J connectivity index is 2.38. The van der Waals surface area contributed by atoms with E-state index in [-0.39, 0.29) is 30.5 Å². The molecule has 9 heteroatoms. The van der Waals surface area contributed by atoms with Crippen LogP contribution in [-0.4, -0.2) is 39.5 Å². The quantitative estimate of drug-likeness (QED) is 0.631. The average molecular weight is 407 g/mol. The van der Waals surface area contributed by atoms with Crippen LogP contribution in [0.5, 0.6) is 0 Å². The minimum Gasteiger partial charge on any atom is -0.456 e. The second kappa shape index (κ2) is 8.99. The van der Waals surface area contributed by atoms with E-state index in [1.807, 2.05) is 0 Å². The minimum atomic E-state index is -3.69. The summed E-state index contributed by atoms with van der Waals surface area (Å²) >= 11 is 3.19. The number of nitrogens with one attached hydrogen (secondary N) is 2. The predicted molar refractivity (Wildman–Crippen MR) is 88.2 cm³/mol. The summed E-state index contributed by atoms with van der Waals surface area (Å²) in [5, 5.41) is 2.57. The highest BCUT2D eigenvalue weighted by molar-refractivity contribution is 9.10. The summed E-state index contributed by atoms with van der Waals surface area (Å²) in [5.41, 5.74) is 0. The summed E-state index contributed by atoms with van der Waals surface area (Å²) in [4.78, 5) is 22.9. The molecule has 1 rings (SSSR count). The maximum atomic E-state index is 12.0. The Kier molecular flexibility index (Phi) is 7.66. The van der Waals surface area contributed by atoms with Crippen LogP contribution in [0.25, 0.3) is 0 Å². The van der Waals surface area contributed by atoms with Gasteiger partial charge in [-0.3, -0.25) is 9.59 Å². The zero-order chi connectivity index (χ0) is 17.5. The monoisotopic (exact) mass is 406 g/mol. The highest BCUT2D eigenvalue weighted by Gasteiger charge is 2.15. The first-order valence-corrected chi connectivity index (χ1v) is 9.18. The lowest BCUT2D eigenvalue weighted by Crippen LogP contribution is -2.34. The Hall–Kier alpha value is -1.45. The topological polar surface area (TPSA) is 102 Å². The van der Waals surface area contributed by atoms with Gasteiger partial charge in [0.1, 0.15) is 0 Å². The van der Waals surface area contributed by atoms with Gasteiger partial charge in [0.05, 0.1) is 11.3 Å². The number of carbonyl (C=O) groups is 2. The van der Waals surface area contributed by atoms with Crippen molar-refractivity contribution >= 4 is 37.8 Å². The third-order valence-corrected chi connectivity index (χ3v) is 4.49. The minimum absolute atomic E-state index is 0.0433. The van der Waals surface area contributed by atoms with Crippen molar-refractivity contribution in [2.45, 2.75) is 31.2 Å². The first kappa shape index (κ1) is 19.6. The van der Waals surface area contributed by atoms with E-state index in [1.54, 1.807) is 26.0 Å². The number of ether oxygens (including phenoxy) is 1. The number of hydrogen-bond acceptors (Lipinski definition) is 5. The summed E-state index contributed by atoms with van der Waals surface area (Å²) < 4.78 is 31.7. The van der Waals surface area contributed by atoms with Crippen molar-refractivity contribution in [2.24, 2.45) is 0 Å². The largest absolute Gasteiger partial charge is 0.456 e. The second-order valence-electron chi connectivity index (χ2n) is 4.99. The van der Waals surface area contributed by atoms with Crippen LogP contribution < -0.4 is 10.0 Å². The van der Waals surface area contributed by atoms with Crippen LogP contribution in [0.15, 0.2) is 33.6 Å². The first-order valence-electron chi connectivity index (χ1n) is 6.91. The fourth-order valence-corrected chi connectivity index (χ4v) is 3.21. The number of sulfonamides is 1. The maximum Gasteiger partial charge on any atom is 0.307 e. The number of halogens is 1. The Morgan fingerprint density at radius 3 is 2.61 bits per heavy atom. The predicted octanol–water partition coefficient (Wildman–Crippen LogP) is 1.19. The molecule has 1 aromatic rings. The molecule has 0 spiro atoms. The molecule has 2 N–H and O–H groups in total. The molecule has 1 amide bonds. The number of benzene rings is 1. The van der Waals surface area contributed by atoms with E-state index in [1.165, 1.54) is 12.1 Å². The van der Waals surface area contributed by atoms with Gasteiger partial charge in [0, 0.05) is 17.1 Å². The van der Waals surface area contributed by atoms with E-state index in [0.29, 0.717) is 4.47 Å². The third kappa shape index (κ3) is 7.58. The van der Waals surface area contributed by atoms with Gasteiger partial charge in [-0.2, -0.15) is 0 Å². The Morgan fingerprint density at radius 1 is 1.30 bits per heavy atom. The summed E-state index contributed by atoms with van der Waals surface area (Å²) in [6.45, 7) is 3.09. The molecule has 1 aromatic carbocycles. The molecule has 0 atom stereocenters. The molecule has 0 saturated heterocycles. The van der Waals surface area contributed by atoms with Gasteiger partial charge in [-0.15, -0.1) is 0 Å². The van der Waals surface area contributed by atoms with Gasteiger partial charge in [0.2, 0.25) is 10.0 Å². The molecule has 0 fully saturated rings. The van der Waals surface area contributed by atoms with E-state index in [0.717, 1.165) is 0 Å². The van der Waals surface area contributed by atoms with Crippen molar-refractivity contribution in [1.82, 2.24) is 10.0 Å². The summed E-state index contributed by atoms with van der Waals surface area (Å²) in [6, 6.07) is 6.16. The van der Waals surface area contributed by atoms with Crippen LogP contribution in [-0.2, 0) is 24.3 Å². The van der Waals surface area contributed by atoms with Crippen molar-refractivity contribution in [1.29, 1.82) is 0 Å². The zero-order valence-electron chi connectivity index (χ0n) is 12.8. The fourth-order valence-electron chi connectivity index (χ4n) is 1.59. The van der Waals surface area contributed by atoms with E-state index < -0.39 is 21.9 Å². The molecule has 0 unspecified atom stereocenters. The standard InChI is InChI=1S/C14H19BrN2O5S/c1-10(2)17-13(18)9-22-14(19)6-7-16-23(20,21)12-5-3-4-11(15)8-12/h3-5,8,10,16H,6-7,9H2,1-2H3,(H,17,18). The molecule has 0 saturated carbocycles. The summed E-state index contributed by atoms with van der Waals surface area (Å²) in [7, 11) is -3.69. The number of esters is 1. The van der Waals surface area contributed by atoms with Crippen molar-refractivity contribution in [2.75, 3.05) is 13.2 Å². The Morgan fingerprint density at radius 2 is 2.00 bits per heavy atom. The van der Waals surface area contributed by atoms with Crippen LogP contribution in [0.4, 0.5) is 0 Å². The van der Waals surface area contributed by atoms with Crippen LogP contribution >= 0.6 is 15.9 Å². The number of amides is 1. The normalized spacial score (nSPS) is 11.3. The number of rotatable bonds is 8. The lowest BCUT2D eigenvalue weighted by molar-refractivity contribution is -0.148. The third-order valence-electron chi connectivity index (χ3n) is 2.54. The van der Waals surface area contributed by atoms with Gasteiger partial charge in [-0.05, 0) is 32.0 Å². The number of carbonyl (C=O) groups excluding carboxylic acids is 2. The van der Waals surface area contributed by atoms with Crippen molar-refractivity contribution in [3.05, 3.63) is 28.7 Å². The van der Waals surface area contributed by atoms with Gasteiger partial charge >= 0.3 is 5.97 Å². The van der Waals surface area contributed by atoms with E-state index in [9.17, 15) is 18.0 Å². The van der Waals surface area contributed by atoms with Crippen LogP contribution in [0.1, 0.15) is 20.3 Å². The van der Waals surface area contributed by atoms with Crippen LogP contribution in [0.3, 0.4) is 0 Å². The summed E-state index contributed by atoms with van der Waals surface area (Å²) in [5.74, 6) is -1.05. The van der Waals surface area contributed by atoms with Crippen molar-refractivity contribution in [3.8, 4) is 0 Å². The Bertz CT molecular complexity index is 661. The molecule has 0 aliphatic carbocycles. The molecule has 23 heavy (non-hydrogen) atoms. The molecule has 0 aliphatic rings. The van der Waals surface area contributed by atoms with Crippen molar-refractivity contribution < 1.29 is 22.7 Å². The zero-order valence-corrected chi connectivity index (χ0v) is 15.2. The molecule has 7 nitrogen and oxygen atoms in total. The molecule has 128 valence electrons. The molecular weight excluding hydrogens is 388 g/mol. The molecule has 0 aliphatic heterocycles. The molecular formula is C14H19BrN2O5S. The van der Waals surface area contributed by atoms with E-state index in [2.05, 4.69) is 26.0 Å². The Labute approximate surface area is 144 Å². The maximum absolute atomic E-state index is 12.0. The molecule has 0 radical (unpaired) electrons. The van der Waals surface area contributed by atoms with Gasteiger partial charge in [0.25, 0.3) is 5.91 Å². The molecule has 0 heterocycles. The average Bonchev–Trinajstić information content (AvgIpc) is 2.44. The van der Waals surface area contributed by atoms with Gasteiger partial charge < -0.3 is 10.1 Å². The van der Waals surface area contributed by atoms with Gasteiger partial charge in [0.15, 0.2) is 6.61 Å². The van der Waals surface area contributed by atoms with Gasteiger partial charge in [-0.25, -0.2) is 13.1 Å². The smallest absolute Gasteiger partial charge is 0.307 e. The highest BCUT2D eigenvalue weighted by atomic mass is 79.9. The van der Waals surface area contributed by atoms with Crippen LogP contribution in [0.2, 0.25) is 0 Å². The van der Waals surface area contributed by atoms with Gasteiger partial charge in [-0.1, -0.05) is 22.0 Å². The summed E-state index contributed by atoms with van der Waals surface area (Å²) in [6.07, 6.45) is -0.164.